The predicted molar refractivity (Wildman–Crippen MR) is 73.6 cm³/mol. The molecule has 1 heterocycles. The Labute approximate surface area is 117 Å². The van der Waals surface area contributed by atoms with Crippen molar-refractivity contribution >= 4 is 15.7 Å². The molecule has 0 aliphatic rings. The van der Waals surface area contributed by atoms with Gasteiger partial charge >= 0.3 is 0 Å². The van der Waals surface area contributed by atoms with Crippen LogP contribution in [0.25, 0.3) is 0 Å². The van der Waals surface area contributed by atoms with Gasteiger partial charge in [0.25, 0.3) is 0 Å². The smallest absolute Gasteiger partial charge is 0.175 e. The molecule has 7 heteroatoms. The van der Waals surface area contributed by atoms with Crippen molar-refractivity contribution in [2.75, 3.05) is 11.6 Å². The molecule has 0 bridgehead atoms. The number of rotatable bonds is 4. The number of nitrogens with zero attached hydrogens (tertiary/aromatic N) is 3. The Hall–Kier alpha value is -2.46. The Balaban J connectivity index is 2.10. The highest BCUT2D eigenvalue weighted by Gasteiger charge is 2.07. The van der Waals surface area contributed by atoms with Crippen molar-refractivity contribution in [3.63, 3.8) is 0 Å². The lowest BCUT2D eigenvalue weighted by Gasteiger charge is -2.06. The van der Waals surface area contributed by atoms with Gasteiger partial charge in [0.05, 0.1) is 16.7 Å². The van der Waals surface area contributed by atoms with Crippen LogP contribution < -0.4 is 5.32 Å². The van der Waals surface area contributed by atoms with Crippen LogP contribution in [0.4, 0.5) is 5.82 Å². The highest BCUT2D eigenvalue weighted by atomic mass is 32.2. The van der Waals surface area contributed by atoms with E-state index in [-0.39, 0.29) is 4.90 Å². The fourth-order valence-electron chi connectivity index (χ4n) is 1.59. The van der Waals surface area contributed by atoms with E-state index < -0.39 is 9.84 Å². The molecule has 102 valence electrons. The zero-order valence-electron chi connectivity index (χ0n) is 10.7. The van der Waals surface area contributed by atoms with Gasteiger partial charge in [-0.2, -0.15) is 10.4 Å². The topological polar surface area (TPSA) is 95.7 Å². The molecular weight excluding hydrogens is 276 g/mol. The minimum atomic E-state index is -3.18. The number of benzene rings is 1. The van der Waals surface area contributed by atoms with Crippen molar-refractivity contribution in [2.24, 2.45) is 0 Å². The maximum Gasteiger partial charge on any atom is 0.175 e. The van der Waals surface area contributed by atoms with E-state index in [0.717, 1.165) is 5.56 Å². The van der Waals surface area contributed by atoms with Gasteiger partial charge in [0.2, 0.25) is 0 Å². The molecule has 0 saturated heterocycles. The van der Waals surface area contributed by atoms with E-state index in [4.69, 9.17) is 5.26 Å². The van der Waals surface area contributed by atoms with Crippen molar-refractivity contribution in [3.05, 3.63) is 47.7 Å². The summed E-state index contributed by atoms with van der Waals surface area (Å²) >= 11 is 0. The lowest BCUT2D eigenvalue weighted by molar-refractivity contribution is 0.602. The fraction of sp³-hybridized carbons (Fsp3) is 0.154. The van der Waals surface area contributed by atoms with Crippen molar-refractivity contribution in [2.45, 2.75) is 11.4 Å². The first kappa shape index (κ1) is 14.0. The van der Waals surface area contributed by atoms with Gasteiger partial charge in [-0.3, -0.25) is 0 Å². The third-order valence-electron chi connectivity index (χ3n) is 2.65. The molecule has 0 aliphatic heterocycles. The van der Waals surface area contributed by atoms with Gasteiger partial charge in [-0.15, -0.1) is 5.10 Å². The summed E-state index contributed by atoms with van der Waals surface area (Å²) in [7, 11) is -3.18. The molecule has 0 atom stereocenters. The zero-order valence-corrected chi connectivity index (χ0v) is 11.6. The number of nitriles is 1. The predicted octanol–water partition coefficient (Wildman–Crippen LogP) is 1.36. The van der Waals surface area contributed by atoms with Gasteiger partial charge in [-0.1, -0.05) is 12.1 Å². The Morgan fingerprint density at radius 3 is 2.55 bits per heavy atom. The second-order valence-electron chi connectivity index (χ2n) is 4.17. The van der Waals surface area contributed by atoms with Crippen LogP contribution in [0.5, 0.6) is 0 Å². The summed E-state index contributed by atoms with van der Waals surface area (Å²) in [6, 6.07) is 10.1. The second kappa shape index (κ2) is 5.67. The average molecular weight is 288 g/mol. The Morgan fingerprint density at radius 2 is 1.95 bits per heavy atom. The van der Waals surface area contributed by atoms with Crippen LogP contribution in [0, 0.1) is 11.3 Å². The first-order chi connectivity index (χ1) is 9.50. The summed E-state index contributed by atoms with van der Waals surface area (Å²) in [6.07, 6.45) is 2.61. The fourth-order valence-corrected chi connectivity index (χ4v) is 2.22. The van der Waals surface area contributed by atoms with E-state index in [0.29, 0.717) is 17.9 Å². The Morgan fingerprint density at radius 1 is 1.25 bits per heavy atom. The van der Waals surface area contributed by atoms with Crippen molar-refractivity contribution in [3.8, 4) is 6.07 Å². The minimum Gasteiger partial charge on any atom is -0.363 e. The summed E-state index contributed by atoms with van der Waals surface area (Å²) in [6.45, 7) is 0.428. The molecule has 1 aromatic carbocycles. The number of anilines is 1. The lowest BCUT2D eigenvalue weighted by atomic mass is 10.2. The van der Waals surface area contributed by atoms with E-state index >= 15 is 0 Å². The van der Waals surface area contributed by atoms with Crippen LogP contribution in [0.2, 0.25) is 0 Å². The quantitative estimate of drug-likeness (QED) is 0.912. The van der Waals surface area contributed by atoms with Crippen LogP contribution in [-0.2, 0) is 16.4 Å². The van der Waals surface area contributed by atoms with Gasteiger partial charge in [0.1, 0.15) is 6.07 Å². The summed E-state index contributed by atoms with van der Waals surface area (Å²) in [5.74, 6) is 0.405. The number of nitrogens with one attached hydrogen (secondary N) is 1. The molecule has 2 rings (SSSR count). The molecule has 0 aliphatic carbocycles. The largest absolute Gasteiger partial charge is 0.363 e. The molecule has 0 fully saturated rings. The molecule has 0 unspecified atom stereocenters. The SMILES string of the molecule is CS(=O)(=O)c1ccc(CNc2nnccc2C#N)cc1. The van der Waals surface area contributed by atoms with E-state index in [1.54, 1.807) is 30.3 Å². The summed E-state index contributed by atoms with van der Waals surface area (Å²) in [5, 5.41) is 19.5. The molecule has 1 N–H and O–H groups in total. The van der Waals surface area contributed by atoms with E-state index in [1.165, 1.54) is 12.5 Å². The number of aromatic nitrogens is 2. The molecule has 0 spiro atoms. The number of sulfone groups is 1. The third kappa shape index (κ3) is 3.30. The highest BCUT2D eigenvalue weighted by molar-refractivity contribution is 7.90. The lowest BCUT2D eigenvalue weighted by Crippen LogP contribution is -2.05. The monoisotopic (exact) mass is 288 g/mol. The Bertz CT molecular complexity index is 749. The van der Waals surface area contributed by atoms with Gasteiger partial charge in [0, 0.05) is 12.8 Å². The van der Waals surface area contributed by atoms with Gasteiger partial charge < -0.3 is 5.32 Å². The van der Waals surface area contributed by atoms with Crippen molar-refractivity contribution in [1.82, 2.24) is 10.2 Å². The Kier molecular flexibility index (Phi) is 3.96. The van der Waals surface area contributed by atoms with Crippen LogP contribution >= 0.6 is 0 Å². The van der Waals surface area contributed by atoms with E-state index in [1.807, 2.05) is 6.07 Å². The summed E-state index contributed by atoms with van der Waals surface area (Å²) in [5.41, 5.74) is 1.29. The van der Waals surface area contributed by atoms with Gasteiger partial charge in [-0.25, -0.2) is 8.42 Å². The first-order valence-electron chi connectivity index (χ1n) is 5.75. The summed E-state index contributed by atoms with van der Waals surface area (Å²) < 4.78 is 22.7. The molecule has 1 aromatic heterocycles. The highest BCUT2D eigenvalue weighted by Crippen LogP contribution is 2.13. The van der Waals surface area contributed by atoms with Crippen LogP contribution in [0.15, 0.2) is 41.4 Å². The van der Waals surface area contributed by atoms with Crippen molar-refractivity contribution < 1.29 is 8.42 Å². The number of hydrogen-bond acceptors (Lipinski definition) is 6. The van der Waals surface area contributed by atoms with Gasteiger partial charge in [0.15, 0.2) is 15.7 Å². The molecular formula is C13H12N4O2S. The maximum atomic E-state index is 11.3. The van der Waals surface area contributed by atoms with Gasteiger partial charge in [-0.05, 0) is 23.8 Å². The first-order valence-corrected chi connectivity index (χ1v) is 7.64. The third-order valence-corrected chi connectivity index (χ3v) is 3.78. The number of hydrogen-bond donors (Lipinski definition) is 1. The second-order valence-corrected chi connectivity index (χ2v) is 6.19. The van der Waals surface area contributed by atoms with E-state index in [2.05, 4.69) is 15.5 Å². The zero-order chi connectivity index (χ0) is 14.6. The molecule has 20 heavy (non-hydrogen) atoms. The van der Waals surface area contributed by atoms with Crippen LogP contribution in [-0.4, -0.2) is 24.9 Å². The standard InChI is InChI=1S/C13H12N4O2S/c1-20(18,19)12-4-2-10(3-5-12)9-15-13-11(8-14)6-7-16-17-13/h2-7H,9H2,1H3,(H,15,17). The molecule has 0 radical (unpaired) electrons. The normalized spacial score (nSPS) is 10.8. The molecule has 0 saturated carbocycles. The van der Waals surface area contributed by atoms with Crippen LogP contribution in [0.1, 0.15) is 11.1 Å². The molecule has 6 nitrogen and oxygen atoms in total. The van der Waals surface area contributed by atoms with Crippen molar-refractivity contribution in [1.29, 1.82) is 5.26 Å². The minimum absolute atomic E-state index is 0.276. The van der Waals surface area contributed by atoms with E-state index in [9.17, 15) is 8.42 Å². The maximum absolute atomic E-state index is 11.3. The molecule has 0 amide bonds. The summed E-state index contributed by atoms with van der Waals surface area (Å²) in [4.78, 5) is 0.276. The molecule has 2 aromatic rings. The average Bonchev–Trinajstić information content (AvgIpc) is 2.45. The van der Waals surface area contributed by atoms with Crippen LogP contribution in [0.3, 0.4) is 0 Å².